The van der Waals surface area contributed by atoms with Gasteiger partial charge in [0.15, 0.2) is 0 Å². The fraction of sp³-hybridized carbons (Fsp3) is 0.0714. The number of nitrogens with zero attached hydrogens (tertiary/aromatic N) is 1. The molecule has 0 heterocycles. The number of amides is 1. The number of carbonyl (C=O) groups is 1. The van der Waals surface area contributed by atoms with Gasteiger partial charge in [-0.05, 0) is 45.8 Å². The van der Waals surface area contributed by atoms with Crippen molar-refractivity contribution < 1.29 is 9.72 Å². The summed E-state index contributed by atoms with van der Waals surface area (Å²) in [7, 11) is 0. The number of primary amides is 1. The standard InChI is InChI=1S/C14H12BrN3O3/c15-13-10(2-1-3-12(13)18(20)21)8-17-11-6-4-9(5-7-11)14(16)19/h1-7,17H,8H2,(H2,16,19). The first-order valence-corrected chi connectivity index (χ1v) is 6.84. The summed E-state index contributed by atoms with van der Waals surface area (Å²) in [6.45, 7) is 0.415. The maximum absolute atomic E-state index is 11.0. The highest BCUT2D eigenvalue weighted by atomic mass is 79.9. The van der Waals surface area contributed by atoms with Gasteiger partial charge in [0.2, 0.25) is 5.91 Å². The minimum Gasteiger partial charge on any atom is -0.381 e. The van der Waals surface area contributed by atoms with E-state index in [0.717, 1.165) is 11.3 Å². The number of anilines is 1. The number of nitrogens with one attached hydrogen (secondary N) is 1. The van der Waals surface area contributed by atoms with Gasteiger partial charge in [-0.25, -0.2) is 0 Å². The van der Waals surface area contributed by atoms with Gasteiger partial charge in [0.25, 0.3) is 5.69 Å². The number of halogens is 1. The van der Waals surface area contributed by atoms with Gasteiger partial charge in [-0.2, -0.15) is 0 Å². The molecular formula is C14H12BrN3O3. The van der Waals surface area contributed by atoms with Crippen molar-refractivity contribution >= 4 is 33.2 Å². The van der Waals surface area contributed by atoms with Crippen molar-refractivity contribution in [3.8, 4) is 0 Å². The van der Waals surface area contributed by atoms with Crippen LogP contribution in [0.1, 0.15) is 15.9 Å². The molecule has 0 bridgehead atoms. The van der Waals surface area contributed by atoms with Gasteiger partial charge in [-0.1, -0.05) is 12.1 Å². The van der Waals surface area contributed by atoms with Crippen molar-refractivity contribution in [1.82, 2.24) is 0 Å². The fourth-order valence-corrected chi connectivity index (χ4v) is 2.34. The van der Waals surface area contributed by atoms with Crippen LogP contribution in [0.25, 0.3) is 0 Å². The molecule has 0 aliphatic carbocycles. The molecule has 0 aliphatic heterocycles. The van der Waals surface area contributed by atoms with Gasteiger partial charge in [0.1, 0.15) is 4.47 Å². The molecule has 2 aromatic carbocycles. The first-order valence-electron chi connectivity index (χ1n) is 6.04. The van der Waals surface area contributed by atoms with Crippen LogP contribution in [0.4, 0.5) is 11.4 Å². The fourth-order valence-electron chi connectivity index (χ4n) is 1.79. The molecule has 2 rings (SSSR count). The third kappa shape index (κ3) is 3.57. The van der Waals surface area contributed by atoms with E-state index < -0.39 is 10.8 Å². The second-order valence-corrected chi connectivity index (χ2v) is 5.10. The lowest BCUT2D eigenvalue weighted by Crippen LogP contribution is -2.10. The van der Waals surface area contributed by atoms with Gasteiger partial charge >= 0.3 is 0 Å². The molecule has 1 amide bonds. The average Bonchev–Trinajstić information content (AvgIpc) is 2.46. The van der Waals surface area contributed by atoms with Gasteiger partial charge in [0, 0.05) is 23.9 Å². The summed E-state index contributed by atoms with van der Waals surface area (Å²) >= 11 is 3.24. The van der Waals surface area contributed by atoms with Crippen LogP contribution >= 0.6 is 15.9 Å². The molecule has 3 N–H and O–H groups in total. The summed E-state index contributed by atoms with van der Waals surface area (Å²) < 4.78 is 0.455. The van der Waals surface area contributed by atoms with E-state index in [1.165, 1.54) is 6.07 Å². The lowest BCUT2D eigenvalue weighted by Gasteiger charge is -2.08. The van der Waals surface area contributed by atoms with E-state index in [2.05, 4.69) is 21.2 Å². The SMILES string of the molecule is NC(=O)c1ccc(NCc2cccc([N+](=O)[O-])c2Br)cc1. The number of rotatable bonds is 5. The highest BCUT2D eigenvalue weighted by Gasteiger charge is 2.14. The number of benzene rings is 2. The smallest absolute Gasteiger partial charge is 0.283 e. The van der Waals surface area contributed by atoms with Crippen molar-refractivity contribution in [3.63, 3.8) is 0 Å². The molecule has 108 valence electrons. The molecule has 0 radical (unpaired) electrons. The quantitative estimate of drug-likeness (QED) is 0.640. The van der Waals surface area contributed by atoms with Crippen LogP contribution in [0, 0.1) is 10.1 Å². The summed E-state index contributed by atoms with van der Waals surface area (Å²) in [6, 6.07) is 11.6. The Kier molecular flexibility index (Phi) is 4.54. The van der Waals surface area contributed by atoms with Crippen molar-refractivity contribution in [2.45, 2.75) is 6.54 Å². The molecule has 6 nitrogen and oxygen atoms in total. The van der Waals surface area contributed by atoms with E-state index in [1.54, 1.807) is 36.4 Å². The molecular weight excluding hydrogens is 338 g/mol. The van der Waals surface area contributed by atoms with E-state index in [4.69, 9.17) is 5.73 Å². The minimum atomic E-state index is -0.483. The second kappa shape index (κ2) is 6.36. The predicted molar refractivity (Wildman–Crippen MR) is 83.1 cm³/mol. The highest BCUT2D eigenvalue weighted by molar-refractivity contribution is 9.10. The van der Waals surface area contributed by atoms with Crippen LogP contribution in [0.5, 0.6) is 0 Å². The molecule has 0 aliphatic rings. The Morgan fingerprint density at radius 3 is 2.48 bits per heavy atom. The predicted octanol–water partition coefficient (Wildman–Crippen LogP) is 3.07. The van der Waals surface area contributed by atoms with Crippen LogP contribution in [-0.4, -0.2) is 10.8 Å². The van der Waals surface area contributed by atoms with Gasteiger partial charge in [0.05, 0.1) is 4.92 Å². The Hall–Kier alpha value is -2.41. The van der Waals surface area contributed by atoms with Crippen LogP contribution in [0.15, 0.2) is 46.9 Å². The largest absolute Gasteiger partial charge is 0.381 e. The third-order valence-electron chi connectivity index (χ3n) is 2.91. The third-order valence-corrected chi connectivity index (χ3v) is 3.82. The van der Waals surface area contributed by atoms with Gasteiger partial charge in [-0.3, -0.25) is 14.9 Å². The van der Waals surface area contributed by atoms with Crippen molar-refractivity contribution in [3.05, 3.63) is 68.2 Å². The number of nitro benzene ring substituents is 1. The van der Waals surface area contributed by atoms with E-state index in [9.17, 15) is 14.9 Å². The Morgan fingerprint density at radius 1 is 1.24 bits per heavy atom. The molecule has 0 atom stereocenters. The van der Waals surface area contributed by atoms with Crippen LogP contribution in [-0.2, 0) is 6.54 Å². The Balaban J connectivity index is 2.11. The number of nitrogens with two attached hydrogens (primary N) is 1. The molecule has 21 heavy (non-hydrogen) atoms. The summed E-state index contributed by atoms with van der Waals surface area (Å²) in [5.74, 6) is -0.483. The summed E-state index contributed by atoms with van der Waals surface area (Å²) in [6.07, 6.45) is 0. The molecule has 0 fully saturated rings. The highest BCUT2D eigenvalue weighted by Crippen LogP contribution is 2.28. The molecule has 2 aromatic rings. The maximum Gasteiger partial charge on any atom is 0.283 e. The van der Waals surface area contributed by atoms with Crippen molar-refractivity contribution in [2.75, 3.05) is 5.32 Å². The minimum absolute atomic E-state index is 0.0263. The average molecular weight is 350 g/mol. The normalized spacial score (nSPS) is 10.1. The van der Waals surface area contributed by atoms with E-state index in [0.29, 0.717) is 16.6 Å². The maximum atomic E-state index is 11.0. The van der Waals surface area contributed by atoms with Gasteiger partial charge in [-0.15, -0.1) is 0 Å². The number of nitro groups is 1. The monoisotopic (exact) mass is 349 g/mol. The molecule has 7 heteroatoms. The number of hydrogen-bond acceptors (Lipinski definition) is 4. The van der Waals surface area contributed by atoms with Crippen LogP contribution in [0.2, 0.25) is 0 Å². The Labute approximate surface area is 129 Å². The second-order valence-electron chi connectivity index (χ2n) is 4.30. The molecule has 0 aromatic heterocycles. The van der Waals surface area contributed by atoms with E-state index >= 15 is 0 Å². The van der Waals surface area contributed by atoms with Gasteiger partial charge < -0.3 is 11.1 Å². The number of carbonyl (C=O) groups excluding carboxylic acids is 1. The van der Waals surface area contributed by atoms with Crippen molar-refractivity contribution in [1.29, 1.82) is 0 Å². The van der Waals surface area contributed by atoms with E-state index in [1.807, 2.05) is 0 Å². The van der Waals surface area contributed by atoms with Crippen molar-refractivity contribution in [2.24, 2.45) is 5.73 Å². The lowest BCUT2D eigenvalue weighted by molar-refractivity contribution is -0.385. The topological polar surface area (TPSA) is 98.3 Å². The zero-order valence-corrected chi connectivity index (χ0v) is 12.5. The Bertz CT molecular complexity index is 686. The summed E-state index contributed by atoms with van der Waals surface area (Å²) in [5.41, 5.74) is 7.18. The first-order chi connectivity index (χ1) is 9.99. The zero-order valence-electron chi connectivity index (χ0n) is 10.9. The van der Waals surface area contributed by atoms with Crippen LogP contribution < -0.4 is 11.1 Å². The summed E-state index contributed by atoms with van der Waals surface area (Å²) in [4.78, 5) is 21.4. The summed E-state index contributed by atoms with van der Waals surface area (Å²) in [5, 5.41) is 14.0. The Morgan fingerprint density at radius 2 is 1.90 bits per heavy atom. The lowest BCUT2D eigenvalue weighted by atomic mass is 10.1. The molecule has 0 saturated carbocycles. The molecule has 0 saturated heterocycles. The van der Waals surface area contributed by atoms with Crippen LogP contribution in [0.3, 0.4) is 0 Å². The number of hydrogen-bond donors (Lipinski definition) is 2. The first kappa shape index (κ1) is 15.0. The van der Waals surface area contributed by atoms with E-state index in [-0.39, 0.29) is 5.69 Å². The molecule has 0 spiro atoms. The molecule has 0 unspecified atom stereocenters. The zero-order chi connectivity index (χ0) is 15.4.